The van der Waals surface area contributed by atoms with Gasteiger partial charge < -0.3 is 14.8 Å². The number of carbonyl (C=O) groups excluding carboxylic acids is 1. The van der Waals surface area contributed by atoms with Gasteiger partial charge >= 0.3 is 0 Å². The summed E-state index contributed by atoms with van der Waals surface area (Å²) in [6.07, 6.45) is 6.47. The Bertz CT molecular complexity index is 1150. The molecule has 2 aliphatic rings. The lowest BCUT2D eigenvalue weighted by Gasteiger charge is -2.37. The Morgan fingerprint density at radius 3 is 2.81 bits per heavy atom. The van der Waals surface area contributed by atoms with Crippen molar-refractivity contribution in [2.45, 2.75) is 32.8 Å². The van der Waals surface area contributed by atoms with Crippen molar-refractivity contribution in [3.63, 3.8) is 0 Å². The number of hydrogen-bond donors (Lipinski definition) is 1. The van der Waals surface area contributed by atoms with Crippen LogP contribution in [0.25, 0.3) is 17.2 Å². The first kappa shape index (κ1) is 20.8. The fraction of sp³-hybridized carbons (Fsp3) is 0.417. The van der Waals surface area contributed by atoms with Crippen molar-refractivity contribution in [1.29, 1.82) is 0 Å². The van der Waals surface area contributed by atoms with Crippen LogP contribution in [0.2, 0.25) is 0 Å². The van der Waals surface area contributed by atoms with Crippen molar-refractivity contribution in [2.75, 3.05) is 26.9 Å². The van der Waals surface area contributed by atoms with Crippen molar-refractivity contribution >= 4 is 5.91 Å². The van der Waals surface area contributed by atoms with Crippen LogP contribution in [0.15, 0.2) is 36.7 Å². The molecule has 0 saturated carbocycles. The summed E-state index contributed by atoms with van der Waals surface area (Å²) in [4.78, 5) is 22.4. The topological polar surface area (TPSA) is 91.2 Å². The van der Waals surface area contributed by atoms with Crippen molar-refractivity contribution in [1.82, 2.24) is 25.1 Å². The van der Waals surface area contributed by atoms with Crippen molar-refractivity contribution in [3.8, 4) is 17.2 Å². The average Bonchev–Trinajstić information content (AvgIpc) is 3.11. The van der Waals surface area contributed by atoms with Gasteiger partial charge in [-0.15, -0.1) is 0 Å². The molecule has 1 saturated heterocycles. The second-order valence-electron chi connectivity index (χ2n) is 8.89. The maximum absolute atomic E-state index is 12.9. The maximum atomic E-state index is 12.9. The highest BCUT2D eigenvalue weighted by Gasteiger charge is 2.34. The number of aromatic nitrogens is 4. The predicted octanol–water partition coefficient (Wildman–Crippen LogP) is 2.73. The van der Waals surface area contributed by atoms with Gasteiger partial charge in [0.15, 0.2) is 0 Å². The van der Waals surface area contributed by atoms with E-state index in [1.807, 2.05) is 12.3 Å². The molecule has 5 rings (SSSR count). The highest BCUT2D eigenvalue weighted by atomic mass is 16.5. The van der Waals surface area contributed by atoms with Gasteiger partial charge in [-0.3, -0.25) is 4.79 Å². The zero-order valence-electron chi connectivity index (χ0n) is 18.4. The van der Waals surface area contributed by atoms with Gasteiger partial charge in [0.2, 0.25) is 0 Å². The van der Waals surface area contributed by atoms with E-state index in [1.165, 1.54) is 5.56 Å². The molecular weight excluding hydrogens is 406 g/mol. The number of benzene rings is 1. The molecule has 1 N–H and O–H groups in total. The number of aryl methyl sites for hydroxylation is 2. The summed E-state index contributed by atoms with van der Waals surface area (Å²) in [5.41, 5.74) is 5.58. The van der Waals surface area contributed by atoms with Gasteiger partial charge in [-0.05, 0) is 30.4 Å². The Hall–Kier alpha value is -3.10. The summed E-state index contributed by atoms with van der Waals surface area (Å²) in [7, 11) is 1.60. The minimum absolute atomic E-state index is 0.0133. The molecule has 8 nitrogen and oxygen atoms in total. The van der Waals surface area contributed by atoms with Crippen LogP contribution < -0.4 is 5.32 Å². The van der Waals surface area contributed by atoms with Crippen molar-refractivity contribution in [2.24, 2.45) is 5.41 Å². The summed E-state index contributed by atoms with van der Waals surface area (Å²) >= 11 is 0. The highest BCUT2D eigenvalue weighted by molar-refractivity contribution is 5.95. The number of nitrogens with zero attached hydrogens (tertiary/aromatic N) is 4. The largest absolute Gasteiger partial charge is 0.380 e. The summed E-state index contributed by atoms with van der Waals surface area (Å²) in [5.74, 6) is 0.252. The Morgan fingerprint density at radius 1 is 1.22 bits per heavy atom. The lowest BCUT2D eigenvalue weighted by molar-refractivity contribution is -0.0978. The number of ether oxygens (including phenoxy) is 2. The highest BCUT2D eigenvalue weighted by Crippen LogP contribution is 2.31. The van der Waals surface area contributed by atoms with Crippen LogP contribution in [0.4, 0.5) is 0 Å². The molecule has 0 bridgehead atoms. The van der Waals surface area contributed by atoms with E-state index < -0.39 is 0 Å². The van der Waals surface area contributed by atoms with Gasteiger partial charge in [0.1, 0.15) is 0 Å². The van der Waals surface area contributed by atoms with E-state index in [9.17, 15) is 4.79 Å². The van der Waals surface area contributed by atoms with E-state index in [2.05, 4.69) is 40.5 Å². The van der Waals surface area contributed by atoms with Gasteiger partial charge in [-0.25, -0.2) is 9.97 Å². The SMILES string of the molecule is COCc1c(C(=O)NCC2(C)COC2)cnn1-c1ncc2c(n1)-c1ccccc1CCC2. The minimum atomic E-state index is -0.184. The van der Waals surface area contributed by atoms with Crippen LogP contribution in [-0.2, 0) is 28.9 Å². The smallest absolute Gasteiger partial charge is 0.254 e. The zero-order chi connectivity index (χ0) is 22.1. The van der Waals surface area contributed by atoms with E-state index in [4.69, 9.17) is 14.5 Å². The van der Waals surface area contributed by atoms with Crippen LogP contribution >= 0.6 is 0 Å². The first-order chi connectivity index (χ1) is 15.6. The maximum Gasteiger partial charge on any atom is 0.254 e. The summed E-state index contributed by atoms with van der Waals surface area (Å²) in [5, 5.41) is 7.47. The fourth-order valence-electron chi connectivity index (χ4n) is 4.31. The molecule has 1 fully saturated rings. The van der Waals surface area contributed by atoms with E-state index in [0.29, 0.717) is 37.0 Å². The number of carbonyl (C=O) groups is 1. The Morgan fingerprint density at radius 2 is 2.03 bits per heavy atom. The monoisotopic (exact) mass is 433 g/mol. The molecule has 0 unspecified atom stereocenters. The van der Waals surface area contributed by atoms with E-state index in [0.717, 1.165) is 36.1 Å². The molecule has 1 aromatic carbocycles. The third-order valence-corrected chi connectivity index (χ3v) is 6.18. The first-order valence-corrected chi connectivity index (χ1v) is 10.9. The molecule has 0 spiro atoms. The summed E-state index contributed by atoms with van der Waals surface area (Å²) < 4.78 is 12.3. The number of rotatable bonds is 6. The first-order valence-electron chi connectivity index (χ1n) is 10.9. The van der Waals surface area contributed by atoms with E-state index >= 15 is 0 Å². The second-order valence-corrected chi connectivity index (χ2v) is 8.89. The molecule has 8 heteroatoms. The predicted molar refractivity (Wildman–Crippen MR) is 119 cm³/mol. The molecule has 2 aromatic heterocycles. The molecule has 166 valence electrons. The molecule has 1 amide bonds. The number of fused-ring (bicyclic) bond motifs is 3. The van der Waals surface area contributed by atoms with Crippen LogP contribution in [0.3, 0.4) is 0 Å². The molecule has 3 aromatic rings. The molecular formula is C24H27N5O3. The van der Waals surface area contributed by atoms with Crippen molar-refractivity contribution < 1.29 is 14.3 Å². The van der Waals surface area contributed by atoms with Crippen LogP contribution in [0.1, 0.15) is 40.5 Å². The number of nitrogens with one attached hydrogen (secondary N) is 1. The molecule has 32 heavy (non-hydrogen) atoms. The van der Waals surface area contributed by atoms with E-state index in [-0.39, 0.29) is 17.9 Å². The van der Waals surface area contributed by atoms with Gasteiger partial charge in [0.25, 0.3) is 11.9 Å². The molecule has 1 aliphatic carbocycles. The molecule has 1 aliphatic heterocycles. The number of amides is 1. The lowest BCUT2D eigenvalue weighted by atomic mass is 9.89. The molecule has 0 atom stereocenters. The van der Waals surface area contributed by atoms with Gasteiger partial charge in [-0.2, -0.15) is 9.78 Å². The van der Waals surface area contributed by atoms with Crippen molar-refractivity contribution in [3.05, 3.63) is 59.0 Å². The Kier molecular flexibility index (Phi) is 5.48. The third-order valence-electron chi connectivity index (χ3n) is 6.18. The van der Waals surface area contributed by atoms with Gasteiger partial charge in [0.05, 0.1) is 43.0 Å². The molecule has 0 radical (unpaired) electrons. The van der Waals surface area contributed by atoms with Crippen LogP contribution in [0.5, 0.6) is 0 Å². The van der Waals surface area contributed by atoms with Gasteiger partial charge in [0, 0.05) is 30.8 Å². The number of hydrogen-bond acceptors (Lipinski definition) is 6. The van der Waals surface area contributed by atoms with Crippen LogP contribution in [-0.4, -0.2) is 52.5 Å². The summed E-state index contributed by atoms with van der Waals surface area (Å²) in [6, 6.07) is 8.37. The standard InChI is InChI=1S/C24H27N5O3/c1-24(14-32-15-24)13-26-22(30)19-11-27-29(20(19)12-31-2)23-25-10-17-8-5-7-16-6-3-4-9-18(16)21(17)28-23/h3-4,6,9-11H,5,7-8,12-15H2,1-2H3,(H,26,30). The number of methoxy groups -OCH3 is 1. The zero-order valence-corrected chi connectivity index (χ0v) is 18.4. The lowest BCUT2D eigenvalue weighted by Crippen LogP contribution is -2.48. The van der Waals surface area contributed by atoms with E-state index in [1.54, 1.807) is 18.0 Å². The van der Waals surface area contributed by atoms with Crippen LogP contribution in [0, 0.1) is 5.41 Å². The average molecular weight is 434 g/mol. The van der Waals surface area contributed by atoms with Gasteiger partial charge in [-0.1, -0.05) is 31.2 Å². The third kappa shape index (κ3) is 3.80. The normalized spacial score (nSPS) is 16.4. The second kappa shape index (κ2) is 8.44. The quantitative estimate of drug-likeness (QED) is 0.643. The minimum Gasteiger partial charge on any atom is -0.380 e. The fourth-order valence-corrected chi connectivity index (χ4v) is 4.31. The Balaban J connectivity index is 1.49. The summed E-state index contributed by atoms with van der Waals surface area (Å²) in [6.45, 7) is 4.18. The Labute approximate surface area is 187 Å². The molecule has 3 heterocycles.